The fraction of sp³-hybridized carbons (Fsp3) is 0.368. The van der Waals surface area contributed by atoms with E-state index in [0.717, 1.165) is 30.6 Å². The van der Waals surface area contributed by atoms with Crippen LogP contribution in [-0.4, -0.2) is 24.4 Å². The average molecular weight is 377 g/mol. The van der Waals surface area contributed by atoms with Crippen LogP contribution in [0.1, 0.15) is 40.2 Å². The molecule has 1 heterocycles. The molecule has 1 aliphatic carbocycles. The number of halogens is 1. The van der Waals surface area contributed by atoms with E-state index < -0.39 is 0 Å². The van der Waals surface area contributed by atoms with Gasteiger partial charge < -0.3 is 5.32 Å². The molecule has 1 fully saturated rings. The third-order valence-corrected chi connectivity index (χ3v) is 5.56. The summed E-state index contributed by atoms with van der Waals surface area (Å²) in [5, 5.41) is 3.58. The van der Waals surface area contributed by atoms with E-state index in [0.29, 0.717) is 15.6 Å². The highest BCUT2D eigenvalue weighted by Crippen LogP contribution is 2.24. The third-order valence-electron chi connectivity index (χ3n) is 4.34. The zero-order chi connectivity index (χ0) is 17.8. The predicted molar refractivity (Wildman–Crippen MR) is 103 cm³/mol. The number of hydrogen-bond acceptors (Lipinski definition) is 3. The molecule has 3 rings (SSSR count). The molecule has 2 amide bonds. The molecule has 0 bridgehead atoms. The molecule has 1 N–H and O–H groups in total. The second-order valence-corrected chi connectivity index (χ2v) is 8.05. The van der Waals surface area contributed by atoms with Gasteiger partial charge in [0, 0.05) is 21.6 Å². The van der Waals surface area contributed by atoms with E-state index >= 15 is 0 Å². The van der Waals surface area contributed by atoms with Crippen molar-refractivity contribution in [3.8, 4) is 0 Å². The van der Waals surface area contributed by atoms with Gasteiger partial charge in [-0.05, 0) is 50.1 Å². The Kier molecular flexibility index (Phi) is 5.76. The smallest absolute Gasteiger partial charge is 0.268 e. The van der Waals surface area contributed by atoms with E-state index in [-0.39, 0.29) is 24.4 Å². The first kappa shape index (κ1) is 18.0. The largest absolute Gasteiger partial charge is 0.352 e. The van der Waals surface area contributed by atoms with Gasteiger partial charge in [0.25, 0.3) is 5.91 Å². The van der Waals surface area contributed by atoms with Crippen molar-refractivity contribution < 1.29 is 9.59 Å². The topological polar surface area (TPSA) is 49.4 Å². The Labute approximate surface area is 156 Å². The van der Waals surface area contributed by atoms with Crippen LogP contribution in [0.15, 0.2) is 36.4 Å². The number of carbonyl (C=O) groups excluding carboxylic acids is 2. The van der Waals surface area contributed by atoms with Crippen LogP contribution in [-0.2, 0) is 4.79 Å². The van der Waals surface area contributed by atoms with E-state index in [9.17, 15) is 9.59 Å². The zero-order valence-corrected chi connectivity index (χ0v) is 15.7. The number of hydrogen-bond donors (Lipinski definition) is 1. The highest BCUT2D eigenvalue weighted by Gasteiger charge is 2.24. The van der Waals surface area contributed by atoms with Crippen LogP contribution >= 0.6 is 22.9 Å². The number of nitrogens with one attached hydrogen (secondary N) is 1. The molecule has 0 spiro atoms. The molecule has 0 radical (unpaired) electrons. The fourth-order valence-electron chi connectivity index (χ4n) is 3.09. The molecule has 2 aromatic rings. The molecule has 132 valence electrons. The van der Waals surface area contributed by atoms with Crippen LogP contribution in [0.3, 0.4) is 0 Å². The molecule has 6 heteroatoms. The molecule has 0 atom stereocenters. The van der Waals surface area contributed by atoms with Crippen LogP contribution in [0.5, 0.6) is 0 Å². The van der Waals surface area contributed by atoms with Crippen molar-refractivity contribution in [1.82, 2.24) is 5.32 Å². The standard InChI is InChI=1S/C19H21ClN2O2S/c1-13-9-10-17(25-13)19(24)22(16-8-4-5-14(20)11-16)12-18(23)21-15-6-2-3-7-15/h4-5,8-11,15H,2-3,6-7,12H2,1H3,(H,21,23). The molecule has 4 nitrogen and oxygen atoms in total. The van der Waals surface area contributed by atoms with Gasteiger partial charge in [-0.3, -0.25) is 14.5 Å². The molecule has 1 saturated carbocycles. The van der Waals surface area contributed by atoms with Crippen molar-refractivity contribution in [3.05, 3.63) is 51.2 Å². The Bertz CT molecular complexity index is 768. The maximum Gasteiger partial charge on any atom is 0.268 e. The number of rotatable bonds is 5. The van der Waals surface area contributed by atoms with Gasteiger partial charge in [0.15, 0.2) is 0 Å². The molecular formula is C19H21ClN2O2S. The molecule has 0 unspecified atom stereocenters. The van der Waals surface area contributed by atoms with E-state index in [1.807, 2.05) is 13.0 Å². The Morgan fingerprint density at radius 1 is 1.24 bits per heavy atom. The quantitative estimate of drug-likeness (QED) is 0.839. The lowest BCUT2D eigenvalue weighted by Gasteiger charge is -2.23. The van der Waals surface area contributed by atoms with Gasteiger partial charge in [0.2, 0.25) is 5.91 Å². The first-order valence-electron chi connectivity index (χ1n) is 8.46. The minimum atomic E-state index is -0.179. The summed E-state index contributed by atoms with van der Waals surface area (Å²) in [5.74, 6) is -0.310. The minimum absolute atomic E-state index is 0.00732. The summed E-state index contributed by atoms with van der Waals surface area (Å²) in [4.78, 5) is 28.6. The lowest BCUT2D eigenvalue weighted by molar-refractivity contribution is -0.120. The summed E-state index contributed by atoms with van der Waals surface area (Å²) in [5.41, 5.74) is 0.630. The normalized spacial score (nSPS) is 14.5. The first-order valence-corrected chi connectivity index (χ1v) is 9.65. The second-order valence-electron chi connectivity index (χ2n) is 6.33. The number of aryl methyl sites for hydroxylation is 1. The van der Waals surface area contributed by atoms with Crippen molar-refractivity contribution >= 4 is 40.4 Å². The molecule has 1 aliphatic rings. The number of nitrogens with zero attached hydrogens (tertiary/aromatic N) is 1. The molecule has 0 saturated heterocycles. The first-order chi connectivity index (χ1) is 12.0. The number of amides is 2. The van der Waals surface area contributed by atoms with Gasteiger partial charge in [0.1, 0.15) is 6.54 Å². The summed E-state index contributed by atoms with van der Waals surface area (Å²) in [7, 11) is 0. The average Bonchev–Trinajstić information content (AvgIpc) is 3.23. The number of benzene rings is 1. The van der Waals surface area contributed by atoms with Gasteiger partial charge in [0.05, 0.1) is 4.88 Å². The van der Waals surface area contributed by atoms with Crippen molar-refractivity contribution in [2.24, 2.45) is 0 Å². The number of thiophene rings is 1. The Morgan fingerprint density at radius 2 is 2.00 bits per heavy atom. The van der Waals surface area contributed by atoms with Gasteiger partial charge in [-0.25, -0.2) is 0 Å². The SMILES string of the molecule is Cc1ccc(C(=O)N(CC(=O)NC2CCCC2)c2cccc(Cl)c2)s1. The Morgan fingerprint density at radius 3 is 2.64 bits per heavy atom. The molecule has 1 aromatic carbocycles. The van der Waals surface area contributed by atoms with Crippen molar-refractivity contribution in [3.63, 3.8) is 0 Å². The van der Waals surface area contributed by atoms with Gasteiger partial charge >= 0.3 is 0 Å². The molecular weight excluding hydrogens is 356 g/mol. The van der Waals surface area contributed by atoms with Gasteiger partial charge in [-0.15, -0.1) is 11.3 Å². The van der Waals surface area contributed by atoms with E-state index in [2.05, 4.69) is 5.32 Å². The van der Waals surface area contributed by atoms with Gasteiger partial charge in [-0.1, -0.05) is 30.5 Å². The van der Waals surface area contributed by atoms with E-state index in [1.54, 1.807) is 30.3 Å². The molecule has 0 aliphatic heterocycles. The number of anilines is 1. The molecule has 25 heavy (non-hydrogen) atoms. The predicted octanol–water partition coefficient (Wildman–Crippen LogP) is 4.42. The van der Waals surface area contributed by atoms with Crippen LogP contribution < -0.4 is 10.2 Å². The lowest BCUT2D eigenvalue weighted by atomic mass is 10.2. The summed E-state index contributed by atoms with van der Waals surface area (Å²) in [6, 6.07) is 11.0. The van der Waals surface area contributed by atoms with Crippen molar-refractivity contribution in [2.75, 3.05) is 11.4 Å². The summed E-state index contributed by atoms with van der Waals surface area (Å²) in [6.07, 6.45) is 4.33. The van der Waals surface area contributed by atoms with Crippen molar-refractivity contribution in [2.45, 2.75) is 38.6 Å². The van der Waals surface area contributed by atoms with Crippen LogP contribution in [0.25, 0.3) is 0 Å². The maximum atomic E-state index is 13.0. The Balaban J connectivity index is 1.80. The Hall–Kier alpha value is -1.85. The number of carbonyl (C=O) groups is 2. The van der Waals surface area contributed by atoms with Gasteiger partial charge in [-0.2, -0.15) is 0 Å². The highest BCUT2D eigenvalue weighted by molar-refractivity contribution is 7.14. The summed E-state index contributed by atoms with van der Waals surface area (Å²) in [6.45, 7) is 1.95. The van der Waals surface area contributed by atoms with E-state index in [1.165, 1.54) is 16.2 Å². The molecule has 1 aromatic heterocycles. The highest BCUT2D eigenvalue weighted by atomic mass is 35.5. The summed E-state index contributed by atoms with van der Waals surface area (Å²) >= 11 is 7.51. The third kappa shape index (κ3) is 4.61. The zero-order valence-electron chi connectivity index (χ0n) is 14.1. The van der Waals surface area contributed by atoms with Crippen LogP contribution in [0, 0.1) is 6.92 Å². The van der Waals surface area contributed by atoms with E-state index in [4.69, 9.17) is 11.6 Å². The van der Waals surface area contributed by atoms with Crippen molar-refractivity contribution in [1.29, 1.82) is 0 Å². The fourth-order valence-corrected chi connectivity index (χ4v) is 4.09. The maximum absolute atomic E-state index is 13.0. The van der Waals surface area contributed by atoms with Crippen LogP contribution in [0.2, 0.25) is 5.02 Å². The summed E-state index contributed by atoms with van der Waals surface area (Å²) < 4.78 is 0. The second kappa shape index (κ2) is 8.02. The minimum Gasteiger partial charge on any atom is -0.352 e. The monoisotopic (exact) mass is 376 g/mol. The lowest BCUT2D eigenvalue weighted by Crippen LogP contribution is -2.43. The van der Waals surface area contributed by atoms with Crippen LogP contribution in [0.4, 0.5) is 5.69 Å².